The van der Waals surface area contributed by atoms with E-state index >= 15 is 0 Å². The number of ether oxygens (including phenoxy) is 1. The lowest BCUT2D eigenvalue weighted by Gasteiger charge is -2.15. The minimum Gasteiger partial charge on any atom is -0.383 e. The topological polar surface area (TPSA) is 149 Å². The largest absolute Gasteiger partial charge is 0.383 e. The van der Waals surface area contributed by atoms with Crippen LogP contribution < -0.4 is 16.8 Å². The Hall–Kier alpha value is -4.15. The molecule has 3 aromatic rings. The zero-order chi connectivity index (χ0) is 25.4. The van der Waals surface area contributed by atoms with E-state index in [2.05, 4.69) is 20.3 Å². The number of rotatable bonds is 5. The van der Waals surface area contributed by atoms with Crippen molar-refractivity contribution in [3.05, 3.63) is 65.2 Å². The molecule has 3 aromatic heterocycles. The van der Waals surface area contributed by atoms with Gasteiger partial charge in [0, 0.05) is 61.4 Å². The molecule has 2 atom stereocenters. The van der Waals surface area contributed by atoms with E-state index in [-0.39, 0.29) is 23.9 Å². The first-order valence-electron chi connectivity index (χ1n) is 11.6. The van der Waals surface area contributed by atoms with Crippen LogP contribution in [-0.2, 0) is 16.0 Å². The number of hydrogen-bond donors (Lipinski definition) is 3. The van der Waals surface area contributed by atoms with Crippen LogP contribution in [0.3, 0.4) is 0 Å². The monoisotopic (exact) mass is 485 g/mol. The Balaban J connectivity index is 1.44. The van der Waals surface area contributed by atoms with Gasteiger partial charge in [-0.25, -0.2) is 4.98 Å². The van der Waals surface area contributed by atoms with Gasteiger partial charge in [-0.2, -0.15) is 0 Å². The molecule has 1 saturated heterocycles. The van der Waals surface area contributed by atoms with Crippen molar-refractivity contribution in [2.24, 2.45) is 5.73 Å². The van der Waals surface area contributed by atoms with Crippen LogP contribution in [0.15, 0.2) is 48.4 Å². The van der Waals surface area contributed by atoms with Gasteiger partial charge in [0.05, 0.1) is 42.2 Å². The van der Waals surface area contributed by atoms with Crippen molar-refractivity contribution in [3.63, 3.8) is 0 Å². The third kappa shape index (κ3) is 4.43. The number of anilines is 1. The van der Waals surface area contributed by atoms with Gasteiger partial charge >= 0.3 is 0 Å². The zero-order valence-electron chi connectivity index (χ0n) is 20.1. The number of nitrogens with two attached hydrogens (primary N) is 2. The van der Waals surface area contributed by atoms with E-state index in [9.17, 15) is 9.59 Å². The van der Waals surface area contributed by atoms with Gasteiger partial charge in [0.15, 0.2) is 0 Å². The first-order chi connectivity index (χ1) is 17.3. The number of nitrogens with one attached hydrogen (secondary N) is 1. The molecule has 0 saturated carbocycles. The van der Waals surface area contributed by atoms with E-state index < -0.39 is 0 Å². The lowest BCUT2D eigenvalue weighted by atomic mass is 9.99. The number of amides is 2. The average Bonchev–Trinajstić information content (AvgIpc) is 3.50. The van der Waals surface area contributed by atoms with Gasteiger partial charge in [0.25, 0.3) is 5.91 Å². The smallest absolute Gasteiger partial charge is 0.254 e. The SMILES string of the molecule is CN(C)C(=O)c1ccc(-c2cc(-c3ccnc4c3C=C(C(=O)N[C@H]3COC[C@H]3N)C4)cnc2N)nc1. The Morgan fingerprint density at radius 2 is 1.92 bits per heavy atom. The zero-order valence-corrected chi connectivity index (χ0v) is 20.1. The molecule has 2 amide bonds. The highest BCUT2D eigenvalue weighted by molar-refractivity contribution is 6.02. The van der Waals surface area contributed by atoms with Crippen molar-refractivity contribution in [2.75, 3.05) is 33.0 Å². The predicted molar refractivity (Wildman–Crippen MR) is 136 cm³/mol. The number of fused-ring (bicyclic) bond motifs is 1. The van der Waals surface area contributed by atoms with Crippen molar-refractivity contribution < 1.29 is 14.3 Å². The Morgan fingerprint density at radius 1 is 1.08 bits per heavy atom. The summed E-state index contributed by atoms with van der Waals surface area (Å²) in [6, 6.07) is 6.86. The number of nitrogen functional groups attached to an aromatic ring is 1. The molecule has 5 N–H and O–H groups in total. The fourth-order valence-corrected chi connectivity index (χ4v) is 4.37. The molecule has 0 spiro atoms. The van der Waals surface area contributed by atoms with Gasteiger partial charge in [0.1, 0.15) is 5.82 Å². The minimum atomic E-state index is -0.213. The summed E-state index contributed by atoms with van der Waals surface area (Å²) in [5.74, 6) is 0.0299. The summed E-state index contributed by atoms with van der Waals surface area (Å²) in [4.78, 5) is 39.9. The van der Waals surface area contributed by atoms with Crippen LogP contribution in [0.1, 0.15) is 21.6 Å². The Morgan fingerprint density at radius 3 is 2.61 bits per heavy atom. The van der Waals surface area contributed by atoms with Gasteiger partial charge in [-0.3, -0.25) is 19.6 Å². The maximum absolute atomic E-state index is 12.9. The molecule has 184 valence electrons. The fraction of sp³-hybridized carbons (Fsp3) is 0.269. The maximum Gasteiger partial charge on any atom is 0.254 e. The van der Waals surface area contributed by atoms with E-state index in [0.717, 1.165) is 22.4 Å². The lowest BCUT2D eigenvalue weighted by molar-refractivity contribution is -0.118. The molecule has 1 fully saturated rings. The number of hydrogen-bond acceptors (Lipinski definition) is 8. The second-order valence-corrected chi connectivity index (χ2v) is 9.13. The summed E-state index contributed by atoms with van der Waals surface area (Å²) in [6.07, 6.45) is 7.24. The molecule has 10 heteroatoms. The summed E-state index contributed by atoms with van der Waals surface area (Å²) < 4.78 is 5.34. The molecular weight excluding hydrogens is 458 g/mol. The summed E-state index contributed by atoms with van der Waals surface area (Å²) in [5, 5.41) is 2.97. The quantitative estimate of drug-likeness (QED) is 0.489. The number of carbonyl (C=O) groups is 2. The van der Waals surface area contributed by atoms with Crippen molar-refractivity contribution in [3.8, 4) is 22.4 Å². The molecule has 0 bridgehead atoms. The van der Waals surface area contributed by atoms with E-state index in [1.54, 1.807) is 38.6 Å². The average molecular weight is 486 g/mol. The lowest BCUT2D eigenvalue weighted by Crippen LogP contribution is -2.47. The van der Waals surface area contributed by atoms with E-state index in [1.807, 2.05) is 18.2 Å². The van der Waals surface area contributed by atoms with Crippen molar-refractivity contribution in [1.29, 1.82) is 0 Å². The van der Waals surface area contributed by atoms with E-state index in [1.165, 1.54) is 11.1 Å². The molecule has 10 nitrogen and oxygen atoms in total. The minimum absolute atomic E-state index is 0.129. The summed E-state index contributed by atoms with van der Waals surface area (Å²) in [7, 11) is 3.38. The van der Waals surface area contributed by atoms with Crippen molar-refractivity contribution >= 4 is 23.7 Å². The van der Waals surface area contributed by atoms with Crippen molar-refractivity contribution in [2.45, 2.75) is 18.5 Å². The van der Waals surface area contributed by atoms with E-state index in [4.69, 9.17) is 16.2 Å². The van der Waals surface area contributed by atoms with Crippen LogP contribution in [0, 0.1) is 0 Å². The molecule has 1 aliphatic heterocycles. The highest BCUT2D eigenvalue weighted by atomic mass is 16.5. The summed E-state index contributed by atoms with van der Waals surface area (Å²) >= 11 is 0. The molecule has 0 unspecified atom stereocenters. The van der Waals surface area contributed by atoms with Gasteiger partial charge < -0.3 is 26.4 Å². The molecule has 36 heavy (non-hydrogen) atoms. The molecule has 2 aliphatic rings. The van der Waals surface area contributed by atoms with Crippen LogP contribution in [0.25, 0.3) is 28.5 Å². The Labute approximate surface area is 208 Å². The highest BCUT2D eigenvalue weighted by Gasteiger charge is 2.29. The first kappa shape index (κ1) is 23.6. The van der Waals surface area contributed by atoms with Gasteiger partial charge in [-0.1, -0.05) is 0 Å². The van der Waals surface area contributed by atoms with Crippen LogP contribution in [-0.4, -0.2) is 71.1 Å². The standard InChI is InChI=1S/C26H27N7O3/c1-33(2)26(35)14-3-4-21(30-10-14)19-8-16(11-31-24(19)28)17-5-6-29-22-9-15(7-18(17)22)25(34)32-23-13-36-12-20(23)27/h3-8,10-11,20,23H,9,12-13,27H2,1-2H3,(H2,28,31)(H,32,34)/t20-,23+/m1/s1. The molecular formula is C26H27N7O3. The highest BCUT2D eigenvalue weighted by Crippen LogP contribution is 2.35. The fourth-order valence-electron chi connectivity index (χ4n) is 4.37. The van der Waals surface area contributed by atoms with Crippen LogP contribution in [0.4, 0.5) is 5.82 Å². The second kappa shape index (κ2) is 9.48. The summed E-state index contributed by atoms with van der Waals surface area (Å²) in [5.41, 5.74) is 17.9. The summed E-state index contributed by atoms with van der Waals surface area (Å²) in [6.45, 7) is 0.848. The second-order valence-electron chi connectivity index (χ2n) is 9.13. The molecule has 5 rings (SSSR count). The molecule has 4 heterocycles. The number of aromatic nitrogens is 3. The third-order valence-corrected chi connectivity index (χ3v) is 6.40. The number of nitrogens with zero attached hydrogens (tertiary/aromatic N) is 4. The molecule has 0 aromatic carbocycles. The van der Waals surface area contributed by atoms with E-state index in [0.29, 0.717) is 47.8 Å². The predicted octanol–water partition coefficient (Wildman–Crippen LogP) is 1.27. The number of carbonyl (C=O) groups excluding carboxylic acids is 2. The van der Waals surface area contributed by atoms with Crippen LogP contribution in [0.5, 0.6) is 0 Å². The van der Waals surface area contributed by atoms with Crippen LogP contribution in [0.2, 0.25) is 0 Å². The normalized spacial score (nSPS) is 18.5. The van der Waals surface area contributed by atoms with Gasteiger partial charge in [-0.15, -0.1) is 0 Å². The Kier molecular flexibility index (Phi) is 6.21. The first-order valence-corrected chi connectivity index (χ1v) is 11.6. The van der Waals surface area contributed by atoms with Crippen LogP contribution >= 0.6 is 0 Å². The third-order valence-electron chi connectivity index (χ3n) is 6.40. The number of pyridine rings is 3. The van der Waals surface area contributed by atoms with Gasteiger partial charge in [0.2, 0.25) is 5.91 Å². The van der Waals surface area contributed by atoms with Gasteiger partial charge in [-0.05, 0) is 35.9 Å². The molecule has 0 radical (unpaired) electrons. The maximum atomic E-state index is 12.9. The van der Waals surface area contributed by atoms with Crippen molar-refractivity contribution in [1.82, 2.24) is 25.2 Å². The molecule has 1 aliphatic carbocycles. The Bertz CT molecular complexity index is 1370.